The van der Waals surface area contributed by atoms with Crippen LogP contribution in [-0.2, 0) is 0 Å². The molecular formula is C11H18F3N. The van der Waals surface area contributed by atoms with E-state index in [1.165, 1.54) is 0 Å². The van der Waals surface area contributed by atoms with E-state index >= 15 is 0 Å². The Morgan fingerprint density at radius 3 is 1.73 bits per heavy atom. The van der Waals surface area contributed by atoms with Crippen molar-refractivity contribution in [3.05, 3.63) is 12.2 Å². The fourth-order valence-electron chi connectivity index (χ4n) is 0.506. The molecule has 0 aliphatic heterocycles. The molecule has 0 N–H and O–H groups in total. The molecule has 0 fully saturated rings. The van der Waals surface area contributed by atoms with Crippen LogP contribution in [0.5, 0.6) is 0 Å². The molecule has 1 nitrogen and oxygen atoms in total. The standard InChI is InChI=1S/C11H18F3N/c1-8(11(12,13)14)7-15-10(5,6)9(2,3)4/h7H,1H2,2-6H3. The zero-order chi connectivity index (χ0) is 12.5. The van der Waals surface area contributed by atoms with Gasteiger partial charge in [-0.05, 0) is 19.3 Å². The van der Waals surface area contributed by atoms with Crippen molar-refractivity contribution in [3.63, 3.8) is 0 Å². The van der Waals surface area contributed by atoms with Crippen LogP contribution in [0.4, 0.5) is 13.2 Å². The first-order valence-electron chi connectivity index (χ1n) is 4.69. The van der Waals surface area contributed by atoms with Gasteiger partial charge in [0.1, 0.15) is 0 Å². The molecule has 0 heterocycles. The summed E-state index contributed by atoms with van der Waals surface area (Å²) in [5, 5.41) is 0. The predicted octanol–water partition coefficient (Wildman–Crippen LogP) is 4.00. The number of nitrogens with zero attached hydrogens (tertiary/aromatic N) is 1. The lowest BCUT2D eigenvalue weighted by atomic mass is 9.77. The highest BCUT2D eigenvalue weighted by Crippen LogP contribution is 2.33. The lowest BCUT2D eigenvalue weighted by Gasteiger charge is -2.35. The second-order valence-electron chi connectivity index (χ2n) is 5.09. The number of allylic oxidation sites excluding steroid dienone is 1. The van der Waals surface area contributed by atoms with E-state index in [0.29, 0.717) is 0 Å². The Labute approximate surface area is 89.1 Å². The van der Waals surface area contributed by atoms with E-state index in [4.69, 9.17) is 0 Å². The first kappa shape index (κ1) is 14.2. The second kappa shape index (κ2) is 3.99. The molecule has 0 saturated heterocycles. The molecule has 0 amide bonds. The number of alkyl halides is 3. The van der Waals surface area contributed by atoms with Crippen LogP contribution in [0.2, 0.25) is 0 Å². The Hall–Kier alpha value is -0.800. The van der Waals surface area contributed by atoms with Crippen molar-refractivity contribution < 1.29 is 13.2 Å². The molecule has 0 bridgehead atoms. The van der Waals surface area contributed by atoms with E-state index in [1.807, 2.05) is 20.8 Å². The molecule has 0 unspecified atom stereocenters. The molecule has 0 spiro atoms. The van der Waals surface area contributed by atoms with Crippen molar-refractivity contribution in [2.45, 2.75) is 46.3 Å². The summed E-state index contributed by atoms with van der Waals surface area (Å²) in [5.41, 5.74) is -1.67. The third-order valence-corrected chi connectivity index (χ3v) is 2.74. The van der Waals surface area contributed by atoms with Crippen LogP contribution in [-0.4, -0.2) is 17.9 Å². The van der Waals surface area contributed by atoms with Crippen molar-refractivity contribution in [1.29, 1.82) is 0 Å². The smallest absolute Gasteiger partial charge is 0.286 e. The van der Waals surface area contributed by atoms with Crippen molar-refractivity contribution in [2.75, 3.05) is 0 Å². The predicted molar refractivity (Wildman–Crippen MR) is 57.2 cm³/mol. The molecule has 0 aromatic heterocycles. The van der Waals surface area contributed by atoms with Crippen molar-refractivity contribution in [3.8, 4) is 0 Å². The van der Waals surface area contributed by atoms with E-state index in [9.17, 15) is 13.2 Å². The molecule has 0 aliphatic carbocycles. The monoisotopic (exact) mass is 221 g/mol. The normalized spacial score (nSPS) is 14.7. The lowest BCUT2D eigenvalue weighted by molar-refractivity contribution is -0.0853. The van der Waals surface area contributed by atoms with Crippen LogP contribution in [0.25, 0.3) is 0 Å². The number of aliphatic imine (C=N–C) groups is 1. The molecule has 0 radical (unpaired) electrons. The zero-order valence-corrected chi connectivity index (χ0v) is 9.87. The topological polar surface area (TPSA) is 12.4 Å². The molecule has 0 aromatic carbocycles. The summed E-state index contributed by atoms with van der Waals surface area (Å²) in [6, 6.07) is 0. The maximum Gasteiger partial charge on any atom is 0.417 e. The molecule has 0 rings (SSSR count). The van der Waals surface area contributed by atoms with Gasteiger partial charge in [0.25, 0.3) is 0 Å². The first-order valence-corrected chi connectivity index (χ1v) is 4.69. The number of halogens is 3. The molecule has 88 valence electrons. The number of hydrogen-bond donors (Lipinski definition) is 0. The number of rotatable bonds is 2. The van der Waals surface area contributed by atoms with Gasteiger partial charge in [0.2, 0.25) is 0 Å². The maximum atomic E-state index is 12.1. The molecule has 0 aromatic rings. The highest BCUT2D eigenvalue weighted by Gasteiger charge is 2.34. The van der Waals surface area contributed by atoms with Crippen LogP contribution in [0.3, 0.4) is 0 Å². The maximum absolute atomic E-state index is 12.1. The average Bonchev–Trinajstić information content (AvgIpc) is 1.96. The van der Waals surface area contributed by atoms with Gasteiger partial charge in [-0.3, -0.25) is 4.99 Å². The van der Waals surface area contributed by atoms with E-state index in [-0.39, 0.29) is 5.41 Å². The van der Waals surface area contributed by atoms with Gasteiger partial charge in [-0.2, -0.15) is 13.2 Å². The summed E-state index contributed by atoms with van der Waals surface area (Å²) in [7, 11) is 0. The fraction of sp³-hybridized carbons (Fsp3) is 0.727. The second-order valence-corrected chi connectivity index (χ2v) is 5.09. The fourth-order valence-corrected chi connectivity index (χ4v) is 0.506. The Bertz CT molecular complexity index is 267. The minimum Gasteiger partial charge on any atom is -0.286 e. The van der Waals surface area contributed by atoms with Crippen molar-refractivity contribution in [2.24, 2.45) is 10.4 Å². The Kier molecular flexibility index (Phi) is 3.77. The highest BCUT2D eigenvalue weighted by molar-refractivity contribution is 5.79. The summed E-state index contributed by atoms with van der Waals surface area (Å²) in [5.74, 6) is 0. The molecule has 15 heavy (non-hydrogen) atoms. The van der Waals surface area contributed by atoms with Gasteiger partial charge in [0.15, 0.2) is 0 Å². The van der Waals surface area contributed by atoms with Crippen LogP contribution in [0.15, 0.2) is 17.1 Å². The quantitative estimate of drug-likeness (QED) is 0.625. The molecule has 4 heteroatoms. The van der Waals surface area contributed by atoms with Crippen molar-refractivity contribution in [1.82, 2.24) is 0 Å². The zero-order valence-electron chi connectivity index (χ0n) is 9.87. The Morgan fingerprint density at radius 2 is 1.47 bits per heavy atom. The summed E-state index contributed by atoms with van der Waals surface area (Å²) in [6.07, 6.45) is -3.58. The largest absolute Gasteiger partial charge is 0.417 e. The molecular weight excluding hydrogens is 203 g/mol. The molecule has 0 saturated carbocycles. The Balaban J connectivity index is 4.76. The van der Waals surface area contributed by atoms with Gasteiger partial charge in [0, 0.05) is 6.21 Å². The lowest BCUT2D eigenvalue weighted by Crippen LogP contribution is -2.35. The molecule has 0 aliphatic rings. The minimum absolute atomic E-state index is 0.199. The minimum atomic E-state index is -4.39. The molecule has 0 atom stereocenters. The van der Waals surface area contributed by atoms with Crippen LogP contribution in [0, 0.1) is 5.41 Å². The summed E-state index contributed by atoms with van der Waals surface area (Å²) < 4.78 is 36.4. The highest BCUT2D eigenvalue weighted by atomic mass is 19.4. The van der Waals surface area contributed by atoms with Crippen LogP contribution < -0.4 is 0 Å². The van der Waals surface area contributed by atoms with Crippen molar-refractivity contribution >= 4 is 6.21 Å². The van der Waals surface area contributed by atoms with Gasteiger partial charge in [-0.1, -0.05) is 27.4 Å². The van der Waals surface area contributed by atoms with Gasteiger partial charge in [-0.25, -0.2) is 0 Å². The van der Waals surface area contributed by atoms with Crippen LogP contribution in [0.1, 0.15) is 34.6 Å². The third kappa shape index (κ3) is 4.06. The summed E-state index contributed by atoms with van der Waals surface area (Å²) in [6.45, 7) is 12.3. The number of hydrogen-bond acceptors (Lipinski definition) is 1. The Morgan fingerprint density at radius 1 is 1.07 bits per heavy atom. The SMILES string of the molecule is C=C(C=NC(C)(C)C(C)(C)C)C(F)(F)F. The average molecular weight is 221 g/mol. The summed E-state index contributed by atoms with van der Waals surface area (Å²) >= 11 is 0. The van der Waals surface area contributed by atoms with E-state index in [2.05, 4.69) is 11.6 Å². The third-order valence-electron chi connectivity index (χ3n) is 2.74. The van der Waals surface area contributed by atoms with Gasteiger partial charge < -0.3 is 0 Å². The van der Waals surface area contributed by atoms with Gasteiger partial charge in [0.05, 0.1) is 11.1 Å². The van der Waals surface area contributed by atoms with E-state index in [0.717, 1.165) is 6.21 Å². The van der Waals surface area contributed by atoms with Gasteiger partial charge >= 0.3 is 6.18 Å². The first-order chi connectivity index (χ1) is 6.38. The summed E-state index contributed by atoms with van der Waals surface area (Å²) in [4.78, 5) is 3.95. The van der Waals surface area contributed by atoms with Crippen LogP contribution >= 0.6 is 0 Å². The van der Waals surface area contributed by atoms with E-state index in [1.54, 1.807) is 13.8 Å². The van der Waals surface area contributed by atoms with Gasteiger partial charge in [-0.15, -0.1) is 0 Å². The van der Waals surface area contributed by atoms with E-state index < -0.39 is 17.3 Å².